The van der Waals surface area contributed by atoms with Gasteiger partial charge in [0.15, 0.2) is 0 Å². The molecule has 2 radical (unpaired) electrons. The van der Waals surface area contributed by atoms with E-state index in [2.05, 4.69) is 17.1 Å². The molecule has 0 aliphatic carbocycles. The van der Waals surface area contributed by atoms with Gasteiger partial charge in [-0.05, 0) is 26.2 Å². The van der Waals surface area contributed by atoms with Crippen molar-refractivity contribution < 1.29 is 0 Å². The lowest BCUT2D eigenvalue weighted by Gasteiger charge is -2.25. The van der Waals surface area contributed by atoms with Crippen LogP contribution in [0.5, 0.6) is 0 Å². The van der Waals surface area contributed by atoms with Crippen LogP contribution in [0.4, 0.5) is 5.69 Å². The molecule has 1 aliphatic heterocycles. The topological polar surface area (TPSA) is 9.72 Å². The van der Waals surface area contributed by atoms with Gasteiger partial charge < -0.3 is 9.64 Å². The van der Waals surface area contributed by atoms with Crippen LogP contribution in [0.25, 0.3) is 0 Å². The van der Waals surface area contributed by atoms with Crippen molar-refractivity contribution in [2.45, 2.75) is 0 Å². The van der Waals surface area contributed by atoms with Crippen LogP contribution >= 0.6 is 0 Å². The van der Waals surface area contributed by atoms with Gasteiger partial charge in [0.05, 0.1) is 0 Å². The molecule has 2 rings (SSSR count). The Hall–Kier alpha value is -0.930. The summed E-state index contributed by atoms with van der Waals surface area (Å²) in [6.07, 6.45) is 0. The average molecular weight is 171 g/mol. The molecular formula is C8H11B2N3. The molecule has 64 valence electrons. The Morgan fingerprint density at radius 2 is 1.69 bits per heavy atom. The van der Waals surface area contributed by atoms with Gasteiger partial charge in [-0.15, -0.1) is 0 Å². The molecule has 1 fully saturated rings. The highest BCUT2D eigenvalue weighted by molar-refractivity contribution is 6.57. The summed E-state index contributed by atoms with van der Waals surface area (Å²) in [5.41, 5.74) is 1.17. The minimum absolute atomic E-state index is 1.17. The fourth-order valence-electron chi connectivity index (χ4n) is 1.43. The van der Waals surface area contributed by atoms with Crippen molar-refractivity contribution in [1.29, 1.82) is 0 Å². The van der Waals surface area contributed by atoms with E-state index in [0.29, 0.717) is 0 Å². The lowest BCUT2D eigenvalue weighted by atomic mass is 10.0. The predicted molar refractivity (Wildman–Crippen MR) is 56.0 cm³/mol. The van der Waals surface area contributed by atoms with Crippen LogP contribution in [0.3, 0.4) is 0 Å². The first-order chi connectivity index (χ1) is 6.27. The first-order valence-electron chi connectivity index (χ1n) is 4.26. The summed E-state index contributed by atoms with van der Waals surface area (Å²) in [4.78, 5) is 4.12. The Bertz CT molecular complexity index is 280. The molecule has 0 bridgehead atoms. The molecule has 0 amide bonds. The van der Waals surface area contributed by atoms with E-state index in [1.165, 1.54) is 5.69 Å². The van der Waals surface area contributed by atoms with Crippen LogP contribution in [0.1, 0.15) is 0 Å². The molecule has 1 saturated heterocycles. The van der Waals surface area contributed by atoms with E-state index in [4.69, 9.17) is 0 Å². The molecular weight excluding hydrogens is 160 g/mol. The second-order valence-corrected chi connectivity index (χ2v) is 3.15. The third-order valence-electron chi connectivity index (χ3n) is 2.00. The van der Waals surface area contributed by atoms with Crippen LogP contribution < -0.4 is 4.92 Å². The monoisotopic (exact) mass is 171 g/mol. The summed E-state index contributed by atoms with van der Waals surface area (Å²) in [7, 11) is 8.09. The molecule has 13 heavy (non-hydrogen) atoms. The van der Waals surface area contributed by atoms with E-state index < -0.39 is 0 Å². The number of nitrogens with zero attached hydrogens (tertiary/aromatic N) is 3. The molecule has 1 heterocycles. The molecule has 0 spiro atoms. The number of benzene rings is 1. The van der Waals surface area contributed by atoms with Crippen LogP contribution in [0.15, 0.2) is 30.3 Å². The summed E-state index contributed by atoms with van der Waals surface area (Å²) in [6.45, 7) is 0. The summed E-state index contributed by atoms with van der Waals surface area (Å²) in [6, 6.07) is 10.3. The number of rotatable bonds is 1. The zero-order valence-electron chi connectivity index (χ0n) is 7.88. The fourth-order valence-corrected chi connectivity index (χ4v) is 1.43. The van der Waals surface area contributed by atoms with Gasteiger partial charge in [0.2, 0.25) is 0 Å². The molecule has 0 saturated carbocycles. The van der Waals surface area contributed by atoms with Gasteiger partial charge in [-0.25, -0.2) is 0 Å². The predicted octanol–water partition coefficient (Wildman–Crippen LogP) is 0.354. The van der Waals surface area contributed by atoms with Crippen LogP contribution in [-0.4, -0.2) is 38.8 Å². The largest absolute Gasteiger partial charge is 0.358 e. The fraction of sp³-hybridized carbons (Fsp3) is 0.250. The molecule has 0 N–H and O–H groups in total. The lowest BCUT2D eigenvalue weighted by molar-refractivity contribution is 0.583. The van der Waals surface area contributed by atoms with Gasteiger partial charge >= 0.3 is 15.1 Å². The van der Waals surface area contributed by atoms with E-state index in [1.807, 2.05) is 57.0 Å². The standard InChI is InChI=1S/C8H11B2N3/c1-11-9-12(2)13(10-11)8-6-4-3-5-7-8/h3-7H,1-2H3. The van der Waals surface area contributed by atoms with E-state index in [1.54, 1.807) is 0 Å². The summed E-state index contributed by atoms with van der Waals surface area (Å²) < 4.78 is 2.02. The van der Waals surface area contributed by atoms with E-state index in [9.17, 15) is 0 Å². The van der Waals surface area contributed by atoms with Crippen molar-refractivity contribution in [3.8, 4) is 0 Å². The first kappa shape index (κ1) is 8.66. The SMILES string of the molecule is CN1[B]N(C)N(c2ccccc2)[B]1. The summed E-state index contributed by atoms with van der Waals surface area (Å²) in [5.74, 6) is 0. The third-order valence-corrected chi connectivity index (χ3v) is 2.00. The zero-order chi connectivity index (χ0) is 9.26. The van der Waals surface area contributed by atoms with E-state index in [-0.39, 0.29) is 0 Å². The lowest BCUT2D eigenvalue weighted by Crippen LogP contribution is -2.35. The molecule has 1 aliphatic rings. The number of para-hydroxylation sites is 1. The highest BCUT2D eigenvalue weighted by Crippen LogP contribution is 2.16. The van der Waals surface area contributed by atoms with Gasteiger partial charge in [0, 0.05) is 5.69 Å². The minimum atomic E-state index is 1.17. The highest BCUT2D eigenvalue weighted by atomic mass is 15.6. The van der Waals surface area contributed by atoms with Crippen molar-refractivity contribution in [3.05, 3.63) is 30.3 Å². The Kier molecular flexibility index (Phi) is 2.29. The van der Waals surface area contributed by atoms with Crippen molar-refractivity contribution in [2.24, 2.45) is 0 Å². The van der Waals surface area contributed by atoms with Gasteiger partial charge in [0.1, 0.15) is 0 Å². The number of hydrazine groups is 1. The summed E-state index contributed by atoms with van der Waals surface area (Å²) >= 11 is 0. The molecule has 1 aromatic rings. The molecule has 0 atom stereocenters. The number of hydrogen-bond donors (Lipinski definition) is 0. The molecule has 3 nitrogen and oxygen atoms in total. The number of hydrogen-bond acceptors (Lipinski definition) is 3. The van der Waals surface area contributed by atoms with Crippen molar-refractivity contribution >= 4 is 20.8 Å². The van der Waals surface area contributed by atoms with Crippen LogP contribution in [0, 0.1) is 0 Å². The van der Waals surface area contributed by atoms with E-state index in [0.717, 1.165) is 0 Å². The maximum atomic E-state index is 2.08. The Labute approximate surface area is 80.5 Å². The van der Waals surface area contributed by atoms with Crippen LogP contribution in [-0.2, 0) is 0 Å². The quantitative estimate of drug-likeness (QED) is 0.564. The van der Waals surface area contributed by atoms with Crippen LogP contribution in [0.2, 0.25) is 0 Å². The first-order valence-corrected chi connectivity index (χ1v) is 4.26. The highest BCUT2D eigenvalue weighted by Gasteiger charge is 2.26. The average Bonchev–Trinajstić information content (AvgIpc) is 2.47. The normalized spacial score (nSPS) is 18.5. The Morgan fingerprint density at radius 1 is 1.00 bits per heavy atom. The Morgan fingerprint density at radius 3 is 2.23 bits per heavy atom. The molecule has 0 aromatic heterocycles. The summed E-state index contributed by atoms with van der Waals surface area (Å²) in [5, 5.41) is 0. The zero-order valence-corrected chi connectivity index (χ0v) is 7.88. The third kappa shape index (κ3) is 1.71. The van der Waals surface area contributed by atoms with Crippen molar-refractivity contribution in [2.75, 3.05) is 19.0 Å². The van der Waals surface area contributed by atoms with Gasteiger partial charge in [0.25, 0.3) is 0 Å². The maximum absolute atomic E-state index is 2.08. The van der Waals surface area contributed by atoms with Gasteiger partial charge in [-0.2, -0.15) is 0 Å². The van der Waals surface area contributed by atoms with Gasteiger partial charge in [-0.3, -0.25) is 4.92 Å². The molecule has 0 unspecified atom stereocenters. The smallest absolute Gasteiger partial charge is 0.356 e. The molecule has 1 aromatic carbocycles. The van der Waals surface area contributed by atoms with Gasteiger partial charge in [-0.1, -0.05) is 18.2 Å². The second kappa shape index (κ2) is 3.44. The molecule has 5 heteroatoms. The second-order valence-electron chi connectivity index (χ2n) is 3.15. The minimum Gasteiger partial charge on any atom is -0.358 e. The van der Waals surface area contributed by atoms with Crippen molar-refractivity contribution in [3.63, 3.8) is 0 Å². The van der Waals surface area contributed by atoms with Crippen molar-refractivity contribution in [1.82, 2.24) is 9.64 Å². The Balaban J connectivity index is 2.18. The van der Waals surface area contributed by atoms with E-state index >= 15 is 0 Å². The maximum Gasteiger partial charge on any atom is 0.356 e. The number of anilines is 1.